The van der Waals surface area contributed by atoms with Crippen molar-refractivity contribution >= 4 is 29.2 Å². The molecule has 0 aliphatic rings. The molecule has 2 N–H and O–H groups in total. The number of hydrogen-bond acceptors (Lipinski definition) is 6. The van der Waals surface area contributed by atoms with Crippen LogP contribution in [-0.4, -0.2) is 38.6 Å². The second-order valence-corrected chi connectivity index (χ2v) is 6.01. The van der Waals surface area contributed by atoms with Crippen LogP contribution >= 0.6 is 0 Å². The summed E-state index contributed by atoms with van der Waals surface area (Å²) in [6.07, 6.45) is 0.468. The van der Waals surface area contributed by atoms with Gasteiger partial charge in [-0.05, 0) is 30.7 Å². The van der Waals surface area contributed by atoms with Crippen molar-refractivity contribution in [3.8, 4) is 11.5 Å². The molecule has 0 aliphatic heterocycles. The third kappa shape index (κ3) is 7.17. The van der Waals surface area contributed by atoms with Crippen LogP contribution in [0.5, 0.6) is 11.5 Å². The summed E-state index contributed by atoms with van der Waals surface area (Å²) in [6, 6.07) is 14.0. The van der Waals surface area contributed by atoms with E-state index in [1.807, 2.05) is 0 Å². The minimum absolute atomic E-state index is 0.0291. The summed E-state index contributed by atoms with van der Waals surface area (Å²) in [4.78, 5) is 35.7. The number of carbonyl (C=O) groups is 3. The van der Waals surface area contributed by atoms with Gasteiger partial charge in [0.05, 0.1) is 25.6 Å². The van der Waals surface area contributed by atoms with Gasteiger partial charge in [0.1, 0.15) is 11.5 Å². The van der Waals surface area contributed by atoms with E-state index >= 15 is 0 Å². The first-order valence-corrected chi connectivity index (χ1v) is 9.05. The van der Waals surface area contributed by atoms with Crippen LogP contribution in [0.4, 0.5) is 11.4 Å². The lowest BCUT2D eigenvalue weighted by Gasteiger charge is -2.10. The largest absolute Gasteiger partial charge is 0.495 e. The van der Waals surface area contributed by atoms with E-state index in [2.05, 4.69) is 10.6 Å². The molecule has 154 valence electrons. The number of para-hydroxylation sites is 4. The second kappa shape index (κ2) is 11.3. The summed E-state index contributed by atoms with van der Waals surface area (Å²) in [5.41, 5.74) is 1.06. The van der Waals surface area contributed by atoms with Crippen molar-refractivity contribution in [1.29, 1.82) is 0 Å². The van der Waals surface area contributed by atoms with Crippen molar-refractivity contribution in [3.05, 3.63) is 48.5 Å². The molecule has 0 aliphatic carbocycles. The average molecular weight is 400 g/mol. The van der Waals surface area contributed by atoms with Gasteiger partial charge >= 0.3 is 5.97 Å². The van der Waals surface area contributed by atoms with E-state index in [0.717, 1.165) is 0 Å². The highest BCUT2D eigenvalue weighted by atomic mass is 16.5. The molecular formula is C21H24N2O6. The molecule has 8 nitrogen and oxygen atoms in total. The smallest absolute Gasteiger partial charge is 0.306 e. The number of nitrogens with one attached hydrogen (secondary N) is 2. The fourth-order valence-electron chi connectivity index (χ4n) is 2.51. The molecule has 0 radical (unpaired) electrons. The molecule has 0 heterocycles. The maximum atomic E-state index is 12.0. The normalized spacial score (nSPS) is 10.0. The van der Waals surface area contributed by atoms with Gasteiger partial charge in [0, 0.05) is 12.8 Å². The molecule has 0 saturated heterocycles. The van der Waals surface area contributed by atoms with Gasteiger partial charge in [-0.25, -0.2) is 0 Å². The Balaban J connectivity index is 1.68. The van der Waals surface area contributed by atoms with Crippen molar-refractivity contribution in [2.75, 3.05) is 31.5 Å². The average Bonchev–Trinajstić information content (AvgIpc) is 2.73. The highest BCUT2D eigenvalue weighted by Crippen LogP contribution is 2.24. The first kappa shape index (κ1) is 21.7. The van der Waals surface area contributed by atoms with Crippen molar-refractivity contribution < 1.29 is 28.6 Å². The SMILES string of the molecule is COc1ccccc1NC(=O)CCCC(=O)OCC(=O)Nc1ccccc1OC. The van der Waals surface area contributed by atoms with E-state index in [4.69, 9.17) is 14.2 Å². The molecule has 0 saturated carbocycles. The molecule has 29 heavy (non-hydrogen) atoms. The zero-order chi connectivity index (χ0) is 21.1. The topological polar surface area (TPSA) is 103 Å². The Bertz CT molecular complexity index is 853. The maximum Gasteiger partial charge on any atom is 0.306 e. The van der Waals surface area contributed by atoms with Crippen LogP contribution in [0.3, 0.4) is 0 Å². The van der Waals surface area contributed by atoms with Gasteiger partial charge in [-0.15, -0.1) is 0 Å². The van der Waals surface area contributed by atoms with Crippen molar-refractivity contribution in [3.63, 3.8) is 0 Å². The molecule has 0 fully saturated rings. The van der Waals surface area contributed by atoms with Crippen LogP contribution in [0.15, 0.2) is 48.5 Å². The van der Waals surface area contributed by atoms with Gasteiger partial charge in [0.15, 0.2) is 6.61 Å². The Morgan fingerprint density at radius 2 is 1.28 bits per heavy atom. The first-order chi connectivity index (χ1) is 14.0. The van der Waals surface area contributed by atoms with Gasteiger partial charge < -0.3 is 24.8 Å². The van der Waals surface area contributed by atoms with E-state index in [9.17, 15) is 14.4 Å². The van der Waals surface area contributed by atoms with Gasteiger partial charge in [-0.3, -0.25) is 14.4 Å². The molecule has 2 aromatic rings. The van der Waals surface area contributed by atoms with Gasteiger partial charge in [0.2, 0.25) is 5.91 Å². The predicted octanol–water partition coefficient (Wildman–Crippen LogP) is 2.99. The standard InChI is InChI=1S/C21H24N2O6/c1-27-17-10-5-3-8-15(17)22-19(24)12-7-13-21(26)29-14-20(25)23-16-9-4-6-11-18(16)28-2/h3-6,8-11H,7,12-14H2,1-2H3,(H,22,24)(H,23,25). The minimum Gasteiger partial charge on any atom is -0.495 e. The third-order valence-corrected chi connectivity index (χ3v) is 3.91. The van der Waals surface area contributed by atoms with E-state index in [0.29, 0.717) is 29.3 Å². The van der Waals surface area contributed by atoms with Crippen LogP contribution in [0.2, 0.25) is 0 Å². The van der Waals surface area contributed by atoms with Gasteiger partial charge in [0.25, 0.3) is 5.91 Å². The van der Waals surface area contributed by atoms with Crippen LogP contribution in [0, 0.1) is 0 Å². The Morgan fingerprint density at radius 3 is 1.83 bits per heavy atom. The number of rotatable bonds is 10. The number of anilines is 2. The van der Waals surface area contributed by atoms with Gasteiger partial charge in [-0.2, -0.15) is 0 Å². The molecule has 8 heteroatoms. The number of ether oxygens (including phenoxy) is 3. The summed E-state index contributed by atoms with van der Waals surface area (Å²) in [5.74, 6) is -0.201. The maximum absolute atomic E-state index is 12.0. The van der Waals surface area contributed by atoms with Crippen molar-refractivity contribution in [1.82, 2.24) is 0 Å². The fourth-order valence-corrected chi connectivity index (χ4v) is 2.51. The quantitative estimate of drug-likeness (QED) is 0.595. The van der Waals surface area contributed by atoms with Crippen LogP contribution in [0.25, 0.3) is 0 Å². The Kier molecular flexibility index (Phi) is 8.50. The summed E-state index contributed by atoms with van der Waals surface area (Å²) in [6.45, 7) is -0.412. The highest BCUT2D eigenvalue weighted by molar-refractivity contribution is 5.94. The zero-order valence-corrected chi connectivity index (χ0v) is 16.4. The Morgan fingerprint density at radius 1 is 0.759 bits per heavy atom. The summed E-state index contributed by atoms with van der Waals surface area (Å²) in [5, 5.41) is 5.34. The summed E-state index contributed by atoms with van der Waals surface area (Å²) >= 11 is 0. The molecular weight excluding hydrogens is 376 g/mol. The number of benzene rings is 2. The van der Waals surface area contributed by atoms with Crippen LogP contribution < -0.4 is 20.1 Å². The van der Waals surface area contributed by atoms with Crippen LogP contribution in [0.1, 0.15) is 19.3 Å². The summed E-state index contributed by atoms with van der Waals surface area (Å²) in [7, 11) is 3.01. The minimum atomic E-state index is -0.551. The number of methoxy groups -OCH3 is 2. The fraction of sp³-hybridized carbons (Fsp3) is 0.286. The molecule has 0 unspecified atom stereocenters. The molecule has 0 spiro atoms. The number of amides is 2. The van der Waals surface area contributed by atoms with Gasteiger partial charge in [-0.1, -0.05) is 24.3 Å². The van der Waals surface area contributed by atoms with E-state index in [-0.39, 0.29) is 18.7 Å². The predicted molar refractivity (Wildman–Crippen MR) is 108 cm³/mol. The third-order valence-electron chi connectivity index (χ3n) is 3.91. The first-order valence-electron chi connectivity index (χ1n) is 9.05. The van der Waals surface area contributed by atoms with Crippen LogP contribution in [-0.2, 0) is 19.1 Å². The molecule has 2 amide bonds. The Labute approximate surface area is 169 Å². The van der Waals surface area contributed by atoms with E-state index in [1.165, 1.54) is 14.2 Å². The molecule has 2 rings (SSSR count). The van der Waals surface area contributed by atoms with E-state index in [1.54, 1.807) is 48.5 Å². The van der Waals surface area contributed by atoms with Crippen molar-refractivity contribution in [2.24, 2.45) is 0 Å². The lowest BCUT2D eigenvalue weighted by atomic mass is 10.2. The van der Waals surface area contributed by atoms with Crippen molar-refractivity contribution in [2.45, 2.75) is 19.3 Å². The zero-order valence-electron chi connectivity index (χ0n) is 16.4. The number of hydrogen-bond donors (Lipinski definition) is 2. The lowest BCUT2D eigenvalue weighted by Crippen LogP contribution is -2.21. The lowest BCUT2D eigenvalue weighted by molar-refractivity contribution is -0.147. The monoisotopic (exact) mass is 400 g/mol. The Hall–Kier alpha value is -3.55. The number of esters is 1. The highest BCUT2D eigenvalue weighted by Gasteiger charge is 2.12. The summed E-state index contributed by atoms with van der Waals surface area (Å²) < 4.78 is 15.2. The second-order valence-electron chi connectivity index (χ2n) is 6.01. The van der Waals surface area contributed by atoms with E-state index < -0.39 is 18.5 Å². The molecule has 0 aromatic heterocycles. The number of carbonyl (C=O) groups excluding carboxylic acids is 3. The molecule has 0 atom stereocenters. The molecule has 2 aromatic carbocycles. The molecule has 0 bridgehead atoms.